The van der Waals surface area contributed by atoms with Crippen LogP contribution < -0.4 is 25.3 Å². The molecule has 154 valence electrons. The number of nitrogens with one attached hydrogen (secondary N) is 1. The molecule has 2 aromatic heterocycles. The summed E-state index contributed by atoms with van der Waals surface area (Å²) < 4.78 is 17.7. The molecule has 0 aliphatic carbocycles. The van der Waals surface area contributed by atoms with Gasteiger partial charge in [0.1, 0.15) is 0 Å². The van der Waals surface area contributed by atoms with Crippen molar-refractivity contribution in [1.82, 2.24) is 19.7 Å². The van der Waals surface area contributed by atoms with Crippen LogP contribution in [0.15, 0.2) is 48.7 Å². The van der Waals surface area contributed by atoms with Gasteiger partial charge >= 0.3 is 0 Å². The molecule has 0 saturated carbocycles. The number of aromatic nitrogens is 4. The molecular formula is C20H20N6O3S. The molecule has 0 aliphatic rings. The van der Waals surface area contributed by atoms with Gasteiger partial charge < -0.3 is 25.3 Å². The Labute approximate surface area is 177 Å². The minimum atomic E-state index is 0.126. The number of thiazole rings is 1. The highest BCUT2D eigenvalue weighted by Gasteiger charge is 2.17. The molecule has 4 rings (SSSR count). The second-order valence-electron chi connectivity index (χ2n) is 6.12. The van der Waals surface area contributed by atoms with E-state index in [9.17, 15) is 0 Å². The van der Waals surface area contributed by atoms with Gasteiger partial charge in [-0.05, 0) is 5.56 Å². The summed E-state index contributed by atoms with van der Waals surface area (Å²) in [6, 6.07) is 13.5. The SMILES string of the molecule is COc1cc(Nc2nc(N)nn2-c2ncc(-c3ccccc3)s2)cc(OC)c1OC. The zero-order chi connectivity index (χ0) is 21.1. The number of hydrogen-bond acceptors (Lipinski definition) is 9. The third-order valence-corrected chi connectivity index (χ3v) is 5.30. The molecule has 4 aromatic rings. The number of anilines is 3. The van der Waals surface area contributed by atoms with Crippen LogP contribution >= 0.6 is 11.3 Å². The first kappa shape index (κ1) is 19.5. The molecule has 0 saturated heterocycles. The predicted octanol–water partition coefficient (Wildman–Crippen LogP) is 3.74. The summed E-state index contributed by atoms with van der Waals surface area (Å²) >= 11 is 1.48. The van der Waals surface area contributed by atoms with Gasteiger partial charge in [0.15, 0.2) is 11.5 Å². The number of benzene rings is 2. The number of rotatable bonds is 7. The van der Waals surface area contributed by atoms with Crippen LogP contribution in [0.3, 0.4) is 0 Å². The Morgan fingerprint density at radius 3 is 2.33 bits per heavy atom. The van der Waals surface area contributed by atoms with Crippen LogP contribution in [0.2, 0.25) is 0 Å². The molecule has 10 heteroatoms. The fourth-order valence-electron chi connectivity index (χ4n) is 2.92. The normalized spacial score (nSPS) is 10.6. The molecule has 0 aliphatic heterocycles. The maximum atomic E-state index is 5.87. The van der Waals surface area contributed by atoms with E-state index >= 15 is 0 Å². The van der Waals surface area contributed by atoms with Crippen molar-refractivity contribution in [3.8, 4) is 32.8 Å². The molecule has 2 heterocycles. The Hall–Kier alpha value is -3.79. The zero-order valence-corrected chi connectivity index (χ0v) is 17.4. The van der Waals surface area contributed by atoms with Crippen molar-refractivity contribution in [2.24, 2.45) is 0 Å². The Bertz CT molecular complexity index is 1130. The lowest BCUT2D eigenvalue weighted by molar-refractivity contribution is 0.324. The minimum absolute atomic E-state index is 0.126. The largest absolute Gasteiger partial charge is 0.493 e. The van der Waals surface area contributed by atoms with E-state index in [1.165, 1.54) is 11.3 Å². The Morgan fingerprint density at radius 2 is 1.70 bits per heavy atom. The highest BCUT2D eigenvalue weighted by atomic mass is 32.1. The molecule has 0 fully saturated rings. The van der Waals surface area contributed by atoms with Gasteiger partial charge in [0.2, 0.25) is 22.8 Å². The van der Waals surface area contributed by atoms with Crippen LogP contribution in [0.5, 0.6) is 17.2 Å². The standard InChI is InChI=1S/C20H20N6O3S/c1-27-14-9-13(10-15(28-2)17(14)29-3)23-19-24-18(21)25-26(19)20-22-11-16(30-20)12-7-5-4-6-8-12/h4-11H,1-3H3,(H3,21,23,24,25). The topological polar surface area (TPSA) is 109 Å². The zero-order valence-electron chi connectivity index (χ0n) is 16.6. The summed E-state index contributed by atoms with van der Waals surface area (Å²) in [5.74, 6) is 2.06. The van der Waals surface area contributed by atoms with Crippen LogP contribution in [-0.2, 0) is 0 Å². The van der Waals surface area contributed by atoms with Crippen molar-refractivity contribution >= 4 is 28.9 Å². The molecule has 0 amide bonds. The molecule has 0 atom stereocenters. The van der Waals surface area contributed by atoms with Crippen molar-refractivity contribution in [1.29, 1.82) is 0 Å². The van der Waals surface area contributed by atoms with Gasteiger partial charge in [0.05, 0.1) is 26.2 Å². The van der Waals surface area contributed by atoms with E-state index in [1.54, 1.807) is 44.3 Å². The van der Waals surface area contributed by atoms with E-state index in [4.69, 9.17) is 19.9 Å². The molecule has 3 N–H and O–H groups in total. The highest BCUT2D eigenvalue weighted by molar-refractivity contribution is 7.17. The number of nitrogen functional groups attached to an aromatic ring is 1. The van der Waals surface area contributed by atoms with Crippen molar-refractivity contribution in [2.45, 2.75) is 0 Å². The summed E-state index contributed by atoms with van der Waals surface area (Å²) in [6.45, 7) is 0. The van der Waals surface area contributed by atoms with Crippen LogP contribution in [0.25, 0.3) is 15.6 Å². The number of ether oxygens (including phenoxy) is 3. The third-order valence-electron chi connectivity index (χ3n) is 4.28. The number of methoxy groups -OCH3 is 3. The van der Waals surface area contributed by atoms with Crippen molar-refractivity contribution in [3.63, 3.8) is 0 Å². The fourth-order valence-corrected chi connectivity index (χ4v) is 3.80. The van der Waals surface area contributed by atoms with Gasteiger partial charge in [0, 0.05) is 24.0 Å². The Morgan fingerprint density at radius 1 is 1.00 bits per heavy atom. The monoisotopic (exact) mass is 424 g/mol. The second kappa shape index (κ2) is 8.29. The van der Waals surface area contributed by atoms with E-state index < -0.39 is 0 Å². The lowest BCUT2D eigenvalue weighted by Crippen LogP contribution is -2.04. The molecule has 2 aromatic carbocycles. The average Bonchev–Trinajstić information content (AvgIpc) is 3.40. The van der Waals surface area contributed by atoms with E-state index in [-0.39, 0.29) is 5.95 Å². The smallest absolute Gasteiger partial charge is 0.241 e. The molecule has 0 spiro atoms. The van der Waals surface area contributed by atoms with E-state index in [1.807, 2.05) is 30.3 Å². The molecular weight excluding hydrogens is 404 g/mol. The number of nitrogens with zero attached hydrogens (tertiary/aromatic N) is 4. The summed E-state index contributed by atoms with van der Waals surface area (Å²) in [5, 5.41) is 8.12. The fraction of sp³-hybridized carbons (Fsp3) is 0.150. The van der Waals surface area contributed by atoms with E-state index in [0.717, 1.165) is 10.4 Å². The predicted molar refractivity (Wildman–Crippen MR) is 116 cm³/mol. The van der Waals surface area contributed by atoms with Crippen molar-refractivity contribution < 1.29 is 14.2 Å². The van der Waals surface area contributed by atoms with Crippen LogP contribution in [0.1, 0.15) is 0 Å². The number of hydrogen-bond donors (Lipinski definition) is 2. The first-order valence-electron chi connectivity index (χ1n) is 8.94. The van der Waals surface area contributed by atoms with Gasteiger partial charge in [-0.2, -0.15) is 9.67 Å². The van der Waals surface area contributed by atoms with Crippen LogP contribution in [-0.4, -0.2) is 41.1 Å². The highest BCUT2D eigenvalue weighted by Crippen LogP contribution is 2.40. The van der Waals surface area contributed by atoms with Gasteiger partial charge in [-0.15, -0.1) is 5.10 Å². The third kappa shape index (κ3) is 3.72. The molecule has 0 unspecified atom stereocenters. The summed E-state index contributed by atoms with van der Waals surface area (Å²) in [7, 11) is 4.67. The first-order valence-corrected chi connectivity index (χ1v) is 9.75. The summed E-state index contributed by atoms with van der Waals surface area (Å²) in [4.78, 5) is 9.79. The van der Waals surface area contributed by atoms with E-state index in [2.05, 4.69) is 20.4 Å². The van der Waals surface area contributed by atoms with Gasteiger partial charge in [-0.1, -0.05) is 41.7 Å². The average molecular weight is 424 g/mol. The van der Waals surface area contributed by atoms with Gasteiger partial charge in [0.25, 0.3) is 0 Å². The van der Waals surface area contributed by atoms with Gasteiger partial charge in [-0.25, -0.2) is 4.98 Å². The Balaban J connectivity index is 1.69. The van der Waals surface area contributed by atoms with Gasteiger partial charge in [-0.3, -0.25) is 0 Å². The van der Waals surface area contributed by atoms with Crippen molar-refractivity contribution in [3.05, 3.63) is 48.7 Å². The number of nitrogens with two attached hydrogens (primary N) is 1. The lowest BCUT2D eigenvalue weighted by atomic mass is 10.2. The first-order chi connectivity index (χ1) is 14.6. The van der Waals surface area contributed by atoms with E-state index in [0.29, 0.717) is 34.0 Å². The van der Waals surface area contributed by atoms with Crippen LogP contribution in [0, 0.1) is 0 Å². The summed E-state index contributed by atoms with van der Waals surface area (Å²) in [5.41, 5.74) is 7.61. The second-order valence-corrected chi connectivity index (χ2v) is 7.13. The molecule has 0 radical (unpaired) electrons. The maximum Gasteiger partial charge on any atom is 0.241 e. The van der Waals surface area contributed by atoms with Crippen LogP contribution in [0.4, 0.5) is 17.6 Å². The molecule has 30 heavy (non-hydrogen) atoms. The Kier molecular flexibility index (Phi) is 5.40. The molecule has 0 bridgehead atoms. The summed E-state index contributed by atoms with van der Waals surface area (Å²) in [6.07, 6.45) is 1.80. The van der Waals surface area contributed by atoms with Crippen molar-refractivity contribution in [2.75, 3.05) is 32.4 Å². The minimum Gasteiger partial charge on any atom is -0.493 e. The maximum absolute atomic E-state index is 5.87. The quantitative estimate of drug-likeness (QED) is 0.462. The molecule has 9 nitrogen and oxygen atoms in total. The lowest BCUT2D eigenvalue weighted by Gasteiger charge is -2.14.